The van der Waals surface area contributed by atoms with Crippen LogP contribution in [0.15, 0.2) is 18.2 Å². The Bertz CT molecular complexity index is 595. The second-order valence-electron chi connectivity index (χ2n) is 6.39. The van der Waals surface area contributed by atoms with E-state index < -0.39 is 37.4 Å². The molecule has 1 N–H and O–H groups in total. The Hall–Kier alpha value is -1.83. The first-order valence-electron chi connectivity index (χ1n) is 7.06. The summed E-state index contributed by atoms with van der Waals surface area (Å²) in [7, 11) is -1.40. The number of alkyl halides is 3. The number of hydrogen-bond donors (Lipinski definition) is 1. The first-order chi connectivity index (χ1) is 10.4. The van der Waals surface area contributed by atoms with Crippen molar-refractivity contribution in [2.24, 2.45) is 0 Å². The van der Waals surface area contributed by atoms with Crippen LogP contribution in [0.5, 0.6) is 0 Å². The largest absolute Gasteiger partial charge is 0.450 e. The van der Waals surface area contributed by atoms with Crippen molar-refractivity contribution < 1.29 is 27.5 Å². The first kappa shape index (κ1) is 19.2. The Labute approximate surface area is 134 Å². The molecule has 0 aliphatic heterocycles. The molecule has 23 heavy (non-hydrogen) atoms. The fourth-order valence-electron chi connectivity index (χ4n) is 1.70. The van der Waals surface area contributed by atoms with E-state index in [1.54, 1.807) is 0 Å². The SMILES string of the molecule is CC(=O)c1ccc(NC(=O)OCC[Si](C)(C)C)c(C(F)(F)F)c1. The highest BCUT2D eigenvalue weighted by Gasteiger charge is 2.34. The molecule has 8 heteroatoms. The molecule has 4 nitrogen and oxygen atoms in total. The molecule has 0 unspecified atom stereocenters. The van der Waals surface area contributed by atoms with Crippen LogP contribution in [-0.4, -0.2) is 26.6 Å². The van der Waals surface area contributed by atoms with Gasteiger partial charge < -0.3 is 4.74 Å². The molecule has 0 aliphatic rings. The lowest BCUT2D eigenvalue weighted by Crippen LogP contribution is -2.24. The third kappa shape index (κ3) is 6.43. The molecule has 1 rings (SSSR count). The van der Waals surface area contributed by atoms with E-state index in [1.165, 1.54) is 13.0 Å². The number of carbonyl (C=O) groups excluding carboxylic acids is 2. The smallest absolute Gasteiger partial charge is 0.418 e. The van der Waals surface area contributed by atoms with Crippen LogP contribution in [-0.2, 0) is 10.9 Å². The molecule has 1 amide bonds. The van der Waals surface area contributed by atoms with Gasteiger partial charge in [-0.3, -0.25) is 10.1 Å². The fourth-order valence-corrected chi connectivity index (χ4v) is 2.42. The van der Waals surface area contributed by atoms with E-state index in [-0.39, 0.29) is 12.2 Å². The summed E-state index contributed by atoms with van der Waals surface area (Å²) in [4.78, 5) is 22.9. The van der Waals surface area contributed by atoms with Crippen molar-refractivity contribution in [1.82, 2.24) is 0 Å². The number of benzene rings is 1. The highest BCUT2D eigenvalue weighted by molar-refractivity contribution is 6.76. The number of rotatable bonds is 5. The van der Waals surface area contributed by atoms with Crippen molar-refractivity contribution in [2.45, 2.75) is 38.8 Å². The minimum Gasteiger partial charge on any atom is -0.450 e. The summed E-state index contributed by atoms with van der Waals surface area (Å²) in [6.45, 7) is 7.62. The third-order valence-electron chi connectivity index (χ3n) is 3.05. The highest BCUT2D eigenvalue weighted by Crippen LogP contribution is 2.35. The van der Waals surface area contributed by atoms with E-state index in [9.17, 15) is 22.8 Å². The van der Waals surface area contributed by atoms with Crippen LogP contribution in [0, 0.1) is 0 Å². The second-order valence-corrected chi connectivity index (χ2v) is 12.0. The van der Waals surface area contributed by atoms with Gasteiger partial charge in [0.1, 0.15) is 0 Å². The zero-order valence-electron chi connectivity index (χ0n) is 13.5. The summed E-state index contributed by atoms with van der Waals surface area (Å²) in [5, 5.41) is 2.09. The average molecular weight is 347 g/mol. The number of Topliss-reactive ketones (excluding diaryl/α,β-unsaturated/α-hetero) is 1. The van der Waals surface area contributed by atoms with Gasteiger partial charge in [0.25, 0.3) is 0 Å². The summed E-state index contributed by atoms with van der Waals surface area (Å²) in [6.07, 6.45) is -5.63. The van der Waals surface area contributed by atoms with Crippen LogP contribution >= 0.6 is 0 Å². The Kier molecular flexibility index (Phi) is 5.98. The number of ketones is 1. The van der Waals surface area contributed by atoms with E-state index in [4.69, 9.17) is 4.74 Å². The van der Waals surface area contributed by atoms with Crippen molar-refractivity contribution in [3.05, 3.63) is 29.3 Å². The van der Waals surface area contributed by atoms with Gasteiger partial charge in [0.15, 0.2) is 5.78 Å². The predicted molar refractivity (Wildman–Crippen MR) is 84.6 cm³/mol. The van der Waals surface area contributed by atoms with E-state index in [0.717, 1.165) is 18.2 Å². The highest BCUT2D eigenvalue weighted by atomic mass is 28.3. The van der Waals surface area contributed by atoms with Crippen molar-refractivity contribution >= 4 is 25.6 Å². The monoisotopic (exact) mass is 347 g/mol. The molecule has 0 fully saturated rings. The van der Waals surface area contributed by atoms with Gasteiger partial charge in [-0.1, -0.05) is 19.6 Å². The quantitative estimate of drug-likeness (QED) is 0.615. The van der Waals surface area contributed by atoms with E-state index in [1.807, 2.05) is 0 Å². The molecule has 0 aliphatic carbocycles. The lowest BCUT2D eigenvalue weighted by molar-refractivity contribution is -0.136. The van der Waals surface area contributed by atoms with Crippen molar-refractivity contribution in [1.29, 1.82) is 0 Å². The van der Waals surface area contributed by atoms with Crippen LogP contribution in [0.2, 0.25) is 25.7 Å². The molecule has 0 atom stereocenters. The van der Waals surface area contributed by atoms with E-state index in [0.29, 0.717) is 0 Å². The summed E-state index contributed by atoms with van der Waals surface area (Å²) in [5.74, 6) is -0.486. The van der Waals surface area contributed by atoms with Crippen LogP contribution in [0.25, 0.3) is 0 Å². The molecule has 128 valence electrons. The normalized spacial score (nSPS) is 12.0. The Morgan fingerprint density at radius 1 is 1.22 bits per heavy atom. The third-order valence-corrected chi connectivity index (χ3v) is 4.76. The number of ether oxygens (including phenoxy) is 1. The van der Waals surface area contributed by atoms with Crippen LogP contribution in [0.3, 0.4) is 0 Å². The molecule has 1 aromatic rings. The summed E-state index contributed by atoms with van der Waals surface area (Å²) < 4.78 is 44.1. The number of amides is 1. The molecule has 0 heterocycles. The Morgan fingerprint density at radius 3 is 2.30 bits per heavy atom. The standard InChI is InChI=1S/C15H20F3NO3Si/c1-10(20)11-5-6-13(12(9-11)15(16,17)18)19-14(21)22-7-8-23(2,3)4/h5-6,9H,7-8H2,1-4H3,(H,19,21). The van der Waals surface area contributed by atoms with Gasteiger partial charge in [0.2, 0.25) is 0 Å². The summed E-state index contributed by atoms with van der Waals surface area (Å²) >= 11 is 0. The van der Waals surface area contributed by atoms with Gasteiger partial charge in [-0.2, -0.15) is 13.2 Å². The van der Waals surface area contributed by atoms with Crippen molar-refractivity contribution in [3.63, 3.8) is 0 Å². The predicted octanol–water partition coefficient (Wildman–Crippen LogP) is 4.79. The molecular weight excluding hydrogens is 327 g/mol. The lowest BCUT2D eigenvalue weighted by atomic mass is 10.1. The van der Waals surface area contributed by atoms with Gasteiger partial charge in [-0.05, 0) is 31.2 Å². The maximum absolute atomic E-state index is 13.1. The topological polar surface area (TPSA) is 55.4 Å². The van der Waals surface area contributed by atoms with Crippen LogP contribution in [0.4, 0.5) is 23.7 Å². The van der Waals surface area contributed by atoms with E-state index >= 15 is 0 Å². The van der Waals surface area contributed by atoms with E-state index in [2.05, 4.69) is 25.0 Å². The maximum atomic E-state index is 13.1. The zero-order chi connectivity index (χ0) is 17.8. The number of nitrogens with one attached hydrogen (secondary N) is 1. The maximum Gasteiger partial charge on any atom is 0.418 e. The summed E-state index contributed by atoms with van der Waals surface area (Å²) in [6, 6.07) is 3.73. The van der Waals surface area contributed by atoms with Gasteiger partial charge in [0, 0.05) is 13.6 Å². The molecule has 0 spiro atoms. The zero-order valence-corrected chi connectivity index (χ0v) is 14.5. The number of hydrogen-bond acceptors (Lipinski definition) is 3. The van der Waals surface area contributed by atoms with Gasteiger partial charge in [-0.25, -0.2) is 4.79 Å². The lowest BCUT2D eigenvalue weighted by Gasteiger charge is -2.17. The van der Waals surface area contributed by atoms with Crippen molar-refractivity contribution in [2.75, 3.05) is 11.9 Å². The Balaban J connectivity index is 2.87. The molecule has 1 aromatic carbocycles. The molecule has 0 aromatic heterocycles. The Morgan fingerprint density at radius 2 is 1.83 bits per heavy atom. The minimum absolute atomic E-state index is 0.0741. The van der Waals surface area contributed by atoms with Gasteiger partial charge in [-0.15, -0.1) is 0 Å². The molecular formula is C15H20F3NO3Si. The van der Waals surface area contributed by atoms with Crippen LogP contribution < -0.4 is 5.32 Å². The molecule has 0 saturated heterocycles. The van der Waals surface area contributed by atoms with Crippen LogP contribution in [0.1, 0.15) is 22.8 Å². The number of halogens is 3. The fraction of sp³-hybridized carbons (Fsp3) is 0.467. The summed E-state index contributed by atoms with van der Waals surface area (Å²) in [5.41, 5.74) is -1.58. The first-order valence-corrected chi connectivity index (χ1v) is 10.8. The molecule has 0 saturated carbocycles. The molecule has 0 bridgehead atoms. The van der Waals surface area contributed by atoms with Gasteiger partial charge in [0.05, 0.1) is 17.9 Å². The number of anilines is 1. The van der Waals surface area contributed by atoms with Gasteiger partial charge >= 0.3 is 12.3 Å². The average Bonchev–Trinajstić information content (AvgIpc) is 2.35. The minimum atomic E-state index is -4.69. The second kappa shape index (κ2) is 7.16. The molecule has 0 radical (unpaired) electrons. The van der Waals surface area contributed by atoms with Crippen molar-refractivity contribution in [3.8, 4) is 0 Å². The number of carbonyl (C=O) groups is 2.